The molecular weight excluding hydrogens is 256 g/mol. The zero-order valence-electron chi connectivity index (χ0n) is 11.7. The molecule has 1 amide bonds. The molecule has 1 saturated heterocycles. The molecule has 0 bridgehead atoms. The van der Waals surface area contributed by atoms with Gasteiger partial charge in [-0.15, -0.1) is 11.8 Å². The first-order chi connectivity index (χ1) is 9.14. The van der Waals surface area contributed by atoms with Gasteiger partial charge >= 0.3 is 0 Å². The predicted molar refractivity (Wildman–Crippen MR) is 80.8 cm³/mol. The summed E-state index contributed by atoms with van der Waals surface area (Å²) in [6, 6.07) is 7.77. The molecule has 1 heterocycles. The van der Waals surface area contributed by atoms with Crippen LogP contribution < -0.4 is 10.6 Å². The van der Waals surface area contributed by atoms with Crippen LogP contribution in [0.3, 0.4) is 0 Å². The van der Waals surface area contributed by atoms with E-state index in [2.05, 4.69) is 17.6 Å². The minimum Gasteiger partial charge on any atom is -0.351 e. The van der Waals surface area contributed by atoms with E-state index in [9.17, 15) is 4.79 Å². The van der Waals surface area contributed by atoms with Crippen LogP contribution in [-0.4, -0.2) is 31.8 Å². The van der Waals surface area contributed by atoms with E-state index >= 15 is 0 Å². The summed E-state index contributed by atoms with van der Waals surface area (Å²) in [6.45, 7) is 5.12. The Hall–Kier alpha value is -1.00. The van der Waals surface area contributed by atoms with Gasteiger partial charge < -0.3 is 10.6 Å². The number of nitrogens with one attached hydrogen (secondary N) is 2. The average molecular weight is 278 g/mol. The Bertz CT molecular complexity index is 442. The zero-order chi connectivity index (χ0) is 13.7. The Morgan fingerprint density at radius 3 is 2.74 bits per heavy atom. The number of rotatable bonds is 4. The minimum absolute atomic E-state index is 0.0460. The topological polar surface area (TPSA) is 41.1 Å². The minimum atomic E-state index is 0.0460. The maximum absolute atomic E-state index is 12.3. The van der Waals surface area contributed by atoms with Crippen molar-refractivity contribution in [2.75, 3.05) is 25.9 Å². The summed E-state index contributed by atoms with van der Waals surface area (Å²) in [5.41, 5.74) is 1.02. The predicted octanol–water partition coefficient (Wildman–Crippen LogP) is 2.53. The van der Waals surface area contributed by atoms with Gasteiger partial charge in [0.25, 0.3) is 5.91 Å². The number of amides is 1. The highest BCUT2D eigenvalue weighted by Gasteiger charge is 2.27. The van der Waals surface area contributed by atoms with Crippen molar-refractivity contribution in [3.63, 3.8) is 0 Å². The molecule has 0 radical (unpaired) electrons. The molecule has 0 atom stereocenters. The van der Waals surface area contributed by atoms with Crippen molar-refractivity contribution < 1.29 is 4.79 Å². The van der Waals surface area contributed by atoms with E-state index in [0.717, 1.165) is 42.9 Å². The van der Waals surface area contributed by atoms with E-state index in [1.54, 1.807) is 11.8 Å². The molecule has 1 aromatic rings. The lowest BCUT2D eigenvalue weighted by atomic mass is 9.81. The van der Waals surface area contributed by atoms with Gasteiger partial charge in [0.1, 0.15) is 0 Å². The normalized spacial score (nSPS) is 18.0. The monoisotopic (exact) mass is 278 g/mol. The van der Waals surface area contributed by atoms with E-state index in [-0.39, 0.29) is 11.3 Å². The van der Waals surface area contributed by atoms with Gasteiger partial charge in [-0.05, 0) is 49.7 Å². The van der Waals surface area contributed by atoms with Crippen molar-refractivity contribution in [2.45, 2.75) is 24.7 Å². The standard InChI is InChI=1S/C15H22N2OS/c1-15(7-9-16-10-8-15)11-17-14(18)12-5-3-4-6-13(12)19-2/h3-6,16H,7-11H2,1-2H3,(H,17,18). The molecule has 0 unspecified atom stereocenters. The average Bonchev–Trinajstić information content (AvgIpc) is 2.45. The number of piperidine rings is 1. The highest BCUT2D eigenvalue weighted by molar-refractivity contribution is 7.98. The van der Waals surface area contributed by atoms with E-state index in [1.165, 1.54) is 0 Å². The number of hydrogen-bond acceptors (Lipinski definition) is 3. The lowest BCUT2D eigenvalue weighted by Crippen LogP contribution is -2.43. The van der Waals surface area contributed by atoms with Gasteiger partial charge in [-0.3, -0.25) is 4.79 Å². The molecule has 19 heavy (non-hydrogen) atoms. The highest BCUT2D eigenvalue weighted by Crippen LogP contribution is 2.27. The summed E-state index contributed by atoms with van der Waals surface area (Å²) in [6.07, 6.45) is 4.25. The summed E-state index contributed by atoms with van der Waals surface area (Å²) in [7, 11) is 0. The zero-order valence-corrected chi connectivity index (χ0v) is 12.5. The van der Waals surface area contributed by atoms with Crippen molar-refractivity contribution >= 4 is 17.7 Å². The van der Waals surface area contributed by atoms with Gasteiger partial charge in [-0.2, -0.15) is 0 Å². The maximum Gasteiger partial charge on any atom is 0.252 e. The second-order valence-corrected chi connectivity index (χ2v) is 6.29. The van der Waals surface area contributed by atoms with Crippen molar-refractivity contribution in [3.8, 4) is 0 Å². The fourth-order valence-electron chi connectivity index (χ4n) is 2.43. The molecule has 104 valence electrons. The van der Waals surface area contributed by atoms with E-state index in [0.29, 0.717) is 0 Å². The van der Waals surface area contributed by atoms with Crippen LogP contribution in [0.5, 0.6) is 0 Å². The van der Waals surface area contributed by atoms with Crippen LogP contribution in [0.4, 0.5) is 0 Å². The molecule has 1 aliphatic rings. The molecule has 4 heteroatoms. The fraction of sp³-hybridized carbons (Fsp3) is 0.533. The van der Waals surface area contributed by atoms with Crippen LogP contribution in [0.15, 0.2) is 29.2 Å². The molecule has 2 N–H and O–H groups in total. The molecule has 0 saturated carbocycles. The van der Waals surface area contributed by atoms with Crippen LogP contribution >= 0.6 is 11.8 Å². The molecule has 0 spiro atoms. The third kappa shape index (κ3) is 3.74. The molecular formula is C15H22N2OS. The van der Waals surface area contributed by atoms with Gasteiger partial charge in [0.2, 0.25) is 0 Å². The number of carbonyl (C=O) groups is 1. The Labute approximate surface area is 119 Å². The fourth-order valence-corrected chi connectivity index (χ4v) is 3.02. The summed E-state index contributed by atoms with van der Waals surface area (Å²) >= 11 is 1.61. The smallest absolute Gasteiger partial charge is 0.252 e. The van der Waals surface area contributed by atoms with E-state index in [4.69, 9.17) is 0 Å². The van der Waals surface area contributed by atoms with Gasteiger partial charge in [0.15, 0.2) is 0 Å². The second kappa shape index (κ2) is 6.44. The maximum atomic E-state index is 12.3. The van der Waals surface area contributed by atoms with Crippen LogP contribution in [0.2, 0.25) is 0 Å². The van der Waals surface area contributed by atoms with Crippen LogP contribution in [0.1, 0.15) is 30.1 Å². The summed E-state index contributed by atoms with van der Waals surface area (Å²) in [5, 5.41) is 6.47. The summed E-state index contributed by atoms with van der Waals surface area (Å²) < 4.78 is 0. The Morgan fingerprint density at radius 2 is 2.05 bits per heavy atom. The van der Waals surface area contributed by atoms with Gasteiger partial charge in [0.05, 0.1) is 5.56 Å². The van der Waals surface area contributed by atoms with Crippen molar-refractivity contribution in [1.29, 1.82) is 0 Å². The molecule has 0 aliphatic carbocycles. The molecule has 1 aliphatic heterocycles. The Kier molecular flexibility index (Phi) is 4.88. The molecule has 2 rings (SSSR count). The molecule has 0 aromatic heterocycles. The van der Waals surface area contributed by atoms with E-state index in [1.807, 2.05) is 30.5 Å². The van der Waals surface area contributed by atoms with Gasteiger partial charge in [-0.25, -0.2) is 0 Å². The Morgan fingerprint density at radius 1 is 1.37 bits per heavy atom. The molecule has 1 aromatic carbocycles. The van der Waals surface area contributed by atoms with Crippen molar-refractivity contribution in [1.82, 2.24) is 10.6 Å². The first-order valence-corrected chi connectivity index (χ1v) is 7.99. The lowest BCUT2D eigenvalue weighted by molar-refractivity contribution is 0.0919. The highest BCUT2D eigenvalue weighted by atomic mass is 32.2. The third-order valence-electron chi connectivity index (χ3n) is 3.84. The Balaban J connectivity index is 1.97. The van der Waals surface area contributed by atoms with Crippen LogP contribution in [0.25, 0.3) is 0 Å². The summed E-state index contributed by atoms with van der Waals surface area (Å²) in [4.78, 5) is 13.3. The van der Waals surface area contributed by atoms with E-state index < -0.39 is 0 Å². The van der Waals surface area contributed by atoms with Crippen LogP contribution in [-0.2, 0) is 0 Å². The van der Waals surface area contributed by atoms with Crippen molar-refractivity contribution in [3.05, 3.63) is 29.8 Å². The van der Waals surface area contributed by atoms with Gasteiger partial charge in [-0.1, -0.05) is 19.1 Å². The van der Waals surface area contributed by atoms with Crippen LogP contribution in [0, 0.1) is 5.41 Å². The molecule has 3 nitrogen and oxygen atoms in total. The first kappa shape index (κ1) is 14.4. The largest absolute Gasteiger partial charge is 0.351 e. The SMILES string of the molecule is CSc1ccccc1C(=O)NCC1(C)CCNCC1. The van der Waals surface area contributed by atoms with Crippen molar-refractivity contribution in [2.24, 2.45) is 5.41 Å². The number of thioether (sulfide) groups is 1. The lowest BCUT2D eigenvalue weighted by Gasteiger charge is -2.34. The second-order valence-electron chi connectivity index (χ2n) is 5.44. The quantitative estimate of drug-likeness (QED) is 0.832. The number of hydrogen-bond donors (Lipinski definition) is 2. The molecule has 1 fully saturated rings. The third-order valence-corrected chi connectivity index (χ3v) is 4.63. The first-order valence-electron chi connectivity index (χ1n) is 6.77. The summed E-state index contributed by atoms with van der Waals surface area (Å²) in [5.74, 6) is 0.0460. The number of carbonyl (C=O) groups excluding carboxylic acids is 1. The number of benzene rings is 1. The van der Waals surface area contributed by atoms with Gasteiger partial charge in [0, 0.05) is 11.4 Å².